The van der Waals surface area contributed by atoms with Gasteiger partial charge in [0.25, 0.3) is 0 Å². The maximum atomic E-state index is 10.8. The molecule has 0 spiro atoms. The van der Waals surface area contributed by atoms with Crippen molar-refractivity contribution in [2.45, 2.75) is 25.0 Å². The molecule has 1 aliphatic heterocycles. The minimum absolute atomic E-state index is 0.171. The summed E-state index contributed by atoms with van der Waals surface area (Å²) in [5, 5.41) is 10.8. The number of hydrogen-bond donors (Lipinski definition) is 1. The van der Waals surface area contributed by atoms with Crippen LogP contribution in [0.15, 0.2) is 42.5 Å². The number of nitrogens with zero attached hydrogens (tertiary/aromatic N) is 2. The van der Waals surface area contributed by atoms with Crippen molar-refractivity contribution in [3.8, 4) is 11.5 Å². The summed E-state index contributed by atoms with van der Waals surface area (Å²) < 4.78 is 10.9. The van der Waals surface area contributed by atoms with Gasteiger partial charge in [0.2, 0.25) is 0 Å². The van der Waals surface area contributed by atoms with Crippen LogP contribution >= 0.6 is 0 Å². The van der Waals surface area contributed by atoms with E-state index in [0.29, 0.717) is 0 Å². The normalized spacial score (nSPS) is 23.0. The SMILES string of the molecule is COc1ccc2c(c1)C[C@@H](N1CCN(c3ccccc3OC)CC1)[C@H](O)C2. The largest absolute Gasteiger partial charge is 0.497 e. The van der Waals surface area contributed by atoms with Gasteiger partial charge in [-0.1, -0.05) is 18.2 Å². The summed E-state index contributed by atoms with van der Waals surface area (Å²) in [7, 11) is 3.42. The Morgan fingerprint density at radius 2 is 1.67 bits per heavy atom. The number of aliphatic hydroxyl groups excluding tert-OH is 1. The van der Waals surface area contributed by atoms with Gasteiger partial charge in [-0.15, -0.1) is 0 Å². The van der Waals surface area contributed by atoms with Crippen LogP contribution in [0.1, 0.15) is 11.1 Å². The fraction of sp³-hybridized carbons (Fsp3) is 0.455. The highest BCUT2D eigenvalue weighted by molar-refractivity contribution is 5.58. The molecule has 2 atom stereocenters. The van der Waals surface area contributed by atoms with Crippen molar-refractivity contribution < 1.29 is 14.6 Å². The lowest BCUT2D eigenvalue weighted by Gasteiger charge is -2.43. The topological polar surface area (TPSA) is 45.2 Å². The molecule has 5 heteroatoms. The van der Waals surface area contributed by atoms with E-state index in [1.54, 1.807) is 14.2 Å². The first-order valence-corrected chi connectivity index (χ1v) is 9.65. The van der Waals surface area contributed by atoms with Crippen molar-refractivity contribution in [2.75, 3.05) is 45.3 Å². The molecule has 1 saturated heterocycles. The van der Waals surface area contributed by atoms with Crippen molar-refractivity contribution in [2.24, 2.45) is 0 Å². The van der Waals surface area contributed by atoms with Crippen LogP contribution in [0.2, 0.25) is 0 Å². The Morgan fingerprint density at radius 3 is 2.41 bits per heavy atom. The first kappa shape index (κ1) is 18.1. The van der Waals surface area contributed by atoms with Gasteiger partial charge in [0.15, 0.2) is 0 Å². The Balaban J connectivity index is 1.45. The van der Waals surface area contributed by atoms with Gasteiger partial charge < -0.3 is 19.5 Å². The standard InChI is InChI=1S/C22H28N2O3/c1-26-18-8-7-16-15-21(25)20(14-17(16)13-18)24-11-9-23(10-12-24)19-5-3-4-6-22(19)27-2/h3-8,13,20-21,25H,9-12,14-15H2,1-2H3/t20-,21-/m1/s1. The van der Waals surface area contributed by atoms with E-state index in [1.807, 2.05) is 18.2 Å². The molecule has 2 aromatic carbocycles. The molecule has 27 heavy (non-hydrogen) atoms. The van der Waals surface area contributed by atoms with Crippen LogP contribution in [0.25, 0.3) is 0 Å². The summed E-state index contributed by atoms with van der Waals surface area (Å²) in [6.45, 7) is 3.77. The second-order valence-corrected chi connectivity index (χ2v) is 7.37. The minimum atomic E-state index is -0.316. The fourth-order valence-corrected chi connectivity index (χ4v) is 4.40. The monoisotopic (exact) mass is 368 g/mol. The van der Waals surface area contributed by atoms with Crippen molar-refractivity contribution in [3.05, 3.63) is 53.6 Å². The van der Waals surface area contributed by atoms with Crippen LogP contribution in [-0.2, 0) is 12.8 Å². The summed E-state index contributed by atoms with van der Waals surface area (Å²) in [4.78, 5) is 4.82. The van der Waals surface area contributed by atoms with Crippen LogP contribution in [0, 0.1) is 0 Å². The Morgan fingerprint density at radius 1 is 0.889 bits per heavy atom. The molecule has 1 fully saturated rings. The molecule has 144 valence electrons. The van der Waals surface area contributed by atoms with Crippen molar-refractivity contribution in [3.63, 3.8) is 0 Å². The summed E-state index contributed by atoms with van der Waals surface area (Å²) in [6.07, 6.45) is 1.28. The average Bonchev–Trinajstić information content (AvgIpc) is 2.73. The van der Waals surface area contributed by atoms with Crippen molar-refractivity contribution in [1.82, 2.24) is 4.90 Å². The van der Waals surface area contributed by atoms with Gasteiger partial charge in [0.1, 0.15) is 11.5 Å². The maximum absolute atomic E-state index is 10.8. The van der Waals surface area contributed by atoms with Crippen LogP contribution in [-0.4, -0.2) is 62.6 Å². The molecule has 0 unspecified atom stereocenters. The third-order valence-corrected chi connectivity index (χ3v) is 5.92. The number of ether oxygens (including phenoxy) is 2. The van der Waals surface area contributed by atoms with Crippen molar-refractivity contribution >= 4 is 5.69 Å². The number of benzene rings is 2. The number of hydrogen-bond acceptors (Lipinski definition) is 5. The Labute approximate surface area is 161 Å². The second kappa shape index (κ2) is 7.79. The van der Waals surface area contributed by atoms with Crippen LogP contribution in [0.4, 0.5) is 5.69 Å². The maximum Gasteiger partial charge on any atom is 0.142 e. The third kappa shape index (κ3) is 3.62. The number of methoxy groups -OCH3 is 2. The molecule has 5 nitrogen and oxygen atoms in total. The van der Waals surface area contributed by atoms with Crippen LogP contribution < -0.4 is 14.4 Å². The number of fused-ring (bicyclic) bond motifs is 1. The third-order valence-electron chi connectivity index (χ3n) is 5.92. The summed E-state index contributed by atoms with van der Waals surface area (Å²) in [5.41, 5.74) is 3.70. The molecule has 0 aromatic heterocycles. The predicted octanol–water partition coefficient (Wildman–Crippen LogP) is 2.35. The molecular weight excluding hydrogens is 340 g/mol. The lowest BCUT2D eigenvalue weighted by Crippen LogP contribution is -2.56. The van der Waals surface area contributed by atoms with Gasteiger partial charge in [0.05, 0.1) is 26.0 Å². The molecule has 2 aliphatic rings. The van der Waals surface area contributed by atoms with E-state index in [1.165, 1.54) is 11.1 Å². The zero-order chi connectivity index (χ0) is 18.8. The minimum Gasteiger partial charge on any atom is -0.497 e. The van der Waals surface area contributed by atoms with Gasteiger partial charge >= 0.3 is 0 Å². The Bertz CT molecular complexity index is 787. The molecule has 0 radical (unpaired) electrons. The summed E-state index contributed by atoms with van der Waals surface area (Å²) in [6, 6.07) is 14.6. The molecule has 1 N–H and O–H groups in total. The lowest BCUT2D eigenvalue weighted by molar-refractivity contribution is 0.0394. The van der Waals surface area contributed by atoms with Gasteiger partial charge in [-0.05, 0) is 41.8 Å². The van der Waals surface area contributed by atoms with Crippen LogP contribution in [0.3, 0.4) is 0 Å². The van der Waals surface area contributed by atoms with Crippen molar-refractivity contribution in [1.29, 1.82) is 0 Å². The van der Waals surface area contributed by atoms with E-state index < -0.39 is 0 Å². The highest BCUT2D eigenvalue weighted by Crippen LogP contribution is 2.31. The number of piperazine rings is 1. The van der Waals surface area contributed by atoms with E-state index in [2.05, 4.69) is 34.1 Å². The highest BCUT2D eigenvalue weighted by Gasteiger charge is 2.33. The average molecular weight is 368 g/mol. The predicted molar refractivity (Wildman–Crippen MR) is 107 cm³/mol. The smallest absolute Gasteiger partial charge is 0.142 e. The van der Waals surface area contributed by atoms with E-state index in [9.17, 15) is 5.11 Å². The van der Waals surface area contributed by atoms with E-state index in [-0.39, 0.29) is 12.1 Å². The van der Waals surface area contributed by atoms with E-state index in [4.69, 9.17) is 9.47 Å². The summed E-state index contributed by atoms with van der Waals surface area (Å²) >= 11 is 0. The van der Waals surface area contributed by atoms with E-state index in [0.717, 1.165) is 56.2 Å². The molecule has 4 rings (SSSR count). The highest BCUT2D eigenvalue weighted by atomic mass is 16.5. The second-order valence-electron chi connectivity index (χ2n) is 7.37. The zero-order valence-corrected chi connectivity index (χ0v) is 16.1. The lowest BCUT2D eigenvalue weighted by atomic mass is 9.85. The molecule has 2 aromatic rings. The van der Waals surface area contributed by atoms with E-state index >= 15 is 0 Å². The fourth-order valence-electron chi connectivity index (χ4n) is 4.40. The first-order chi connectivity index (χ1) is 13.2. The number of anilines is 1. The number of para-hydroxylation sites is 2. The van der Waals surface area contributed by atoms with Gasteiger partial charge in [-0.3, -0.25) is 4.90 Å². The quantitative estimate of drug-likeness (QED) is 0.898. The summed E-state index contributed by atoms with van der Waals surface area (Å²) in [5.74, 6) is 1.81. The Kier molecular flexibility index (Phi) is 5.23. The molecule has 0 bridgehead atoms. The molecule has 0 amide bonds. The van der Waals surface area contributed by atoms with Gasteiger partial charge in [-0.2, -0.15) is 0 Å². The Hall–Kier alpha value is -2.24. The number of aliphatic hydroxyl groups is 1. The molecule has 1 aliphatic carbocycles. The van der Waals surface area contributed by atoms with Gasteiger partial charge in [-0.25, -0.2) is 0 Å². The first-order valence-electron chi connectivity index (χ1n) is 9.65. The molecular formula is C22H28N2O3. The zero-order valence-electron chi connectivity index (χ0n) is 16.1. The van der Waals surface area contributed by atoms with Crippen LogP contribution in [0.5, 0.6) is 11.5 Å². The molecule has 1 heterocycles. The molecule has 0 saturated carbocycles. The van der Waals surface area contributed by atoms with Gasteiger partial charge in [0, 0.05) is 38.6 Å². The number of rotatable bonds is 4.